The van der Waals surface area contributed by atoms with Crippen LogP contribution in [0.4, 0.5) is 0 Å². The molecule has 2 rings (SSSR count). The molecule has 1 saturated heterocycles. The van der Waals surface area contributed by atoms with Crippen molar-refractivity contribution in [2.45, 2.75) is 51.6 Å². The Morgan fingerprint density at radius 3 is 2.52 bits per heavy atom. The summed E-state index contributed by atoms with van der Waals surface area (Å²) in [4.78, 5) is 13.9. The number of nitrogens with zero attached hydrogens (tertiary/aromatic N) is 1. The monoisotopic (exact) mass is 317 g/mol. The fourth-order valence-electron chi connectivity index (χ4n) is 3.13. The van der Waals surface area contributed by atoms with Crippen molar-refractivity contribution in [3.05, 3.63) is 0 Å². The predicted octanol–water partition coefficient (Wildman–Crippen LogP) is 0.305. The van der Waals surface area contributed by atoms with E-state index in [1.807, 2.05) is 6.92 Å². The number of amides is 1. The molecule has 1 aliphatic heterocycles. The van der Waals surface area contributed by atoms with Crippen LogP contribution in [-0.4, -0.2) is 56.7 Å². The van der Waals surface area contributed by atoms with Gasteiger partial charge in [-0.1, -0.05) is 6.92 Å². The standard InChI is InChI=1S/C14H27N3O3S/c1-11-3-5-13(6-4-11)16-21(19,20)10-14(18)17-8-7-15-9-12(17)2/h11-13,15-16H,3-10H2,1-2H3. The number of sulfonamides is 1. The lowest BCUT2D eigenvalue weighted by Crippen LogP contribution is -2.54. The summed E-state index contributed by atoms with van der Waals surface area (Å²) in [5.41, 5.74) is 0. The van der Waals surface area contributed by atoms with E-state index in [0.29, 0.717) is 12.5 Å². The minimum absolute atomic E-state index is 0.000513. The van der Waals surface area contributed by atoms with Crippen molar-refractivity contribution in [3.8, 4) is 0 Å². The van der Waals surface area contributed by atoms with E-state index in [4.69, 9.17) is 0 Å². The molecule has 0 aromatic rings. The van der Waals surface area contributed by atoms with Crippen LogP contribution in [0.15, 0.2) is 0 Å². The molecule has 1 aliphatic carbocycles. The van der Waals surface area contributed by atoms with Crippen LogP contribution in [0.25, 0.3) is 0 Å². The summed E-state index contributed by atoms with van der Waals surface area (Å²) in [6, 6.07) is 0.0522. The van der Waals surface area contributed by atoms with E-state index in [2.05, 4.69) is 17.0 Å². The summed E-state index contributed by atoms with van der Waals surface area (Å²) in [6.07, 6.45) is 3.85. The van der Waals surface area contributed by atoms with Crippen molar-refractivity contribution in [2.24, 2.45) is 5.92 Å². The zero-order valence-electron chi connectivity index (χ0n) is 13.0. The summed E-state index contributed by atoms with van der Waals surface area (Å²) in [5.74, 6) is -0.0431. The van der Waals surface area contributed by atoms with E-state index < -0.39 is 15.8 Å². The number of hydrogen-bond donors (Lipinski definition) is 2. The van der Waals surface area contributed by atoms with Gasteiger partial charge in [0.2, 0.25) is 15.9 Å². The van der Waals surface area contributed by atoms with Crippen LogP contribution >= 0.6 is 0 Å². The molecule has 0 aromatic carbocycles. The molecule has 1 atom stereocenters. The maximum absolute atomic E-state index is 12.2. The van der Waals surface area contributed by atoms with Gasteiger partial charge in [0.25, 0.3) is 0 Å². The van der Waals surface area contributed by atoms with Crippen molar-refractivity contribution in [2.75, 3.05) is 25.4 Å². The molecule has 2 aliphatic rings. The molecule has 6 nitrogen and oxygen atoms in total. The molecule has 1 amide bonds. The fourth-order valence-corrected chi connectivity index (χ4v) is 4.45. The quantitative estimate of drug-likeness (QED) is 0.782. The van der Waals surface area contributed by atoms with Gasteiger partial charge >= 0.3 is 0 Å². The highest BCUT2D eigenvalue weighted by Crippen LogP contribution is 2.23. The van der Waals surface area contributed by atoms with Crippen molar-refractivity contribution >= 4 is 15.9 Å². The topological polar surface area (TPSA) is 78.5 Å². The van der Waals surface area contributed by atoms with Crippen molar-refractivity contribution < 1.29 is 13.2 Å². The van der Waals surface area contributed by atoms with E-state index in [9.17, 15) is 13.2 Å². The first-order valence-corrected chi connectivity index (χ1v) is 9.53. The highest BCUT2D eigenvalue weighted by Gasteiger charge is 2.29. The van der Waals surface area contributed by atoms with Crippen molar-refractivity contribution in [3.63, 3.8) is 0 Å². The van der Waals surface area contributed by atoms with Crippen molar-refractivity contribution in [1.29, 1.82) is 0 Å². The number of hydrogen-bond acceptors (Lipinski definition) is 4. The van der Waals surface area contributed by atoms with Gasteiger partial charge in [0.05, 0.1) is 0 Å². The van der Waals surface area contributed by atoms with Crippen LogP contribution < -0.4 is 10.0 Å². The van der Waals surface area contributed by atoms with Gasteiger partial charge in [-0.05, 0) is 38.5 Å². The third-order valence-electron chi connectivity index (χ3n) is 4.50. The largest absolute Gasteiger partial charge is 0.337 e. The first kappa shape index (κ1) is 16.7. The molecule has 2 fully saturated rings. The number of rotatable bonds is 4. The fraction of sp³-hybridized carbons (Fsp3) is 0.929. The zero-order valence-corrected chi connectivity index (χ0v) is 13.8. The Morgan fingerprint density at radius 2 is 1.90 bits per heavy atom. The van der Waals surface area contributed by atoms with Gasteiger partial charge in [0.15, 0.2) is 0 Å². The van der Waals surface area contributed by atoms with Crippen LogP contribution in [-0.2, 0) is 14.8 Å². The molecular weight excluding hydrogens is 290 g/mol. The molecule has 1 heterocycles. The lowest BCUT2D eigenvalue weighted by molar-refractivity contribution is -0.131. The van der Waals surface area contributed by atoms with Crippen LogP contribution in [0, 0.1) is 5.92 Å². The highest BCUT2D eigenvalue weighted by atomic mass is 32.2. The lowest BCUT2D eigenvalue weighted by Gasteiger charge is -2.34. The van der Waals surface area contributed by atoms with Gasteiger partial charge < -0.3 is 10.2 Å². The molecule has 0 radical (unpaired) electrons. The Morgan fingerprint density at radius 1 is 1.24 bits per heavy atom. The third kappa shape index (κ3) is 4.93. The van der Waals surface area contributed by atoms with Crippen LogP contribution in [0.3, 0.4) is 0 Å². The highest BCUT2D eigenvalue weighted by molar-refractivity contribution is 7.90. The van der Waals surface area contributed by atoms with Gasteiger partial charge in [-0.3, -0.25) is 4.79 Å². The summed E-state index contributed by atoms with van der Waals surface area (Å²) in [5, 5.41) is 3.19. The smallest absolute Gasteiger partial charge is 0.239 e. The summed E-state index contributed by atoms with van der Waals surface area (Å²) >= 11 is 0. The van der Waals surface area contributed by atoms with E-state index in [-0.39, 0.29) is 18.0 Å². The average Bonchev–Trinajstić information content (AvgIpc) is 2.41. The summed E-state index contributed by atoms with van der Waals surface area (Å²) in [6.45, 7) is 6.16. The van der Waals surface area contributed by atoms with Crippen LogP contribution in [0.1, 0.15) is 39.5 Å². The minimum Gasteiger partial charge on any atom is -0.337 e. The second kappa shape index (κ2) is 7.07. The maximum Gasteiger partial charge on any atom is 0.239 e. The normalized spacial score (nSPS) is 31.1. The molecule has 122 valence electrons. The van der Waals surface area contributed by atoms with Gasteiger partial charge in [-0.15, -0.1) is 0 Å². The third-order valence-corrected chi connectivity index (χ3v) is 5.82. The Kier molecular flexibility index (Phi) is 5.62. The second-order valence-electron chi connectivity index (χ2n) is 6.47. The molecule has 0 bridgehead atoms. The van der Waals surface area contributed by atoms with Gasteiger partial charge in [0.1, 0.15) is 5.75 Å². The van der Waals surface area contributed by atoms with E-state index in [0.717, 1.165) is 38.8 Å². The van der Waals surface area contributed by atoms with E-state index >= 15 is 0 Å². The van der Waals surface area contributed by atoms with Crippen molar-refractivity contribution in [1.82, 2.24) is 14.9 Å². The summed E-state index contributed by atoms with van der Waals surface area (Å²) < 4.78 is 27.0. The molecule has 1 saturated carbocycles. The van der Waals surface area contributed by atoms with Crippen LogP contribution in [0.2, 0.25) is 0 Å². The van der Waals surface area contributed by atoms with E-state index in [1.54, 1.807) is 4.90 Å². The predicted molar refractivity (Wildman–Crippen MR) is 82.4 cm³/mol. The van der Waals surface area contributed by atoms with Gasteiger partial charge in [0, 0.05) is 31.7 Å². The number of carbonyl (C=O) groups is 1. The maximum atomic E-state index is 12.2. The summed E-state index contributed by atoms with van der Waals surface area (Å²) in [7, 11) is -3.53. The number of carbonyl (C=O) groups excluding carboxylic acids is 1. The average molecular weight is 317 g/mol. The van der Waals surface area contributed by atoms with Gasteiger partial charge in [-0.25, -0.2) is 13.1 Å². The molecule has 2 N–H and O–H groups in total. The molecular formula is C14H27N3O3S. The first-order valence-electron chi connectivity index (χ1n) is 7.87. The molecule has 21 heavy (non-hydrogen) atoms. The molecule has 1 unspecified atom stereocenters. The minimum atomic E-state index is -3.53. The zero-order chi connectivity index (χ0) is 15.5. The van der Waals surface area contributed by atoms with Gasteiger partial charge in [-0.2, -0.15) is 0 Å². The Balaban J connectivity index is 1.86. The molecule has 7 heteroatoms. The first-order chi connectivity index (χ1) is 9.87. The van der Waals surface area contributed by atoms with E-state index in [1.165, 1.54) is 0 Å². The SMILES string of the molecule is CC1CCC(NS(=O)(=O)CC(=O)N2CCNCC2C)CC1. The Hall–Kier alpha value is -0.660. The molecule has 0 aromatic heterocycles. The Bertz CT molecular complexity index is 458. The van der Waals surface area contributed by atoms with Crippen LogP contribution in [0.5, 0.6) is 0 Å². The molecule has 0 spiro atoms. The number of nitrogens with one attached hydrogen (secondary N) is 2. The second-order valence-corrected chi connectivity index (χ2v) is 8.23. The Labute approximate surface area is 127 Å². The lowest BCUT2D eigenvalue weighted by atomic mass is 9.88. The number of piperazine rings is 1.